The Labute approximate surface area is 158 Å². The van der Waals surface area contributed by atoms with Crippen LogP contribution in [0, 0.1) is 0 Å². The second-order valence-electron chi connectivity index (χ2n) is 6.44. The van der Waals surface area contributed by atoms with Crippen molar-refractivity contribution in [2.75, 3.05) is 11.9 Å². The van der Waals surface area contributed by atoms with E-state index in [1.807, 2.05) is 18.2 Å². The van der Waals surface area contributed by atoms with Gasteiger partial charge in [-0.2, -0.15) is 5.10 Å². The van der Waals surface area contributed by atoms with Gasteiger partial charge in [0.15, 0.2) is 6.61 Å². The van der Waals surface area contributed by atoms with Crippen LogP contribution in [-0.2, 0) is 22.4 Å². The minimum atomic E-state index is -0.333. The van der Waals surface area contributed by atoms with Crippen LogP contribution in [0.1, 0.15) is 36.5 Å². The van der Waals surface area contributed by atoms with E-state index in [2.05, 4.69) is 34.9 Å². The number of nitrogens with one attached hydrogen (secondary N) is 2. The van der Waals surface area contributed by atoms with E-state index < -0.39 is 0 Å². The van der Waals surface area contributed by atoms with E-state index in [1.54, 1.807) is 18.3 Å². The fourth-order valence-corrected chi connectivity index (χ4v) is 2.87. The van der Waals surface area contributed by atoms with Crippen molar-refractivity contribution in [1.29, 1.82) is 0 Å². The molecule has 0 fully saturated rings. The van der Waals surface area contributed by atoms with Gasteiger partial charge in [0.25, 0.3) is 5.91 Å². The lowest BCUT2D eigenvalue weighted by molar-refractivity contribution is -0.123. The normalized spacial score (nSPS) is 13.1. The van der Waals surface area contributed by atoms with Crippen molar-refractivity contribution in [1.82, 2.24) is 5.43 Å². The van der Waals surface area contributed by atoms with Gasteiger partial charge in [-0.3, -0.25) is 9.59 Å². The molecule has 2 aromatic carbocycles. The second kappa shape index (κ2) is 8.98. The number of rotatable bonds is 7. The van der Waals surface area contributed by atoms with Gasteiger partial charge in [-0.1, -0.05) is 37.6 Å². The molecule has 2 N–H and O–H groups in total. The van der Waals surface area contributed by atoms with Gasteiger partial charge in [0.2, 0.25) is 5.91 Å². The standard InChI is InChI=1S/C21H23N3O3/c1-2-3-15-4-6-16(7-5-15)13-22-24-21(26)14-27-18-9-10-19-17(12-18)8-11-20(25)23-19/h4-7,9-10,12-13H,2-3,8,11,14H2,1H3,(H,23,25)(H,24,26)/b22-13+. The molecule has 2 aromatic rings. The number of hydrogen-bond acceptors (Lipinski definition) is 4. The van der Waals surface area contributed by atoms with Crippen molar-refractivity contribution in [2.45, 2.75) is 32.6 Å². The maximum absolute atomic E-state index is 11.9. The highest BCUT2D eigenvalue weighted by Crippen LogP contribution is 2.26. The lowest BCUT2D eigenvalue weighted by atomic mass is 10.0. The Morgan fingerprint density at radius 3 is 2.81 bits per heavy atom. The molecule has 0 aliphatic carbocycles. The van der Waals surface area contributed by atoms with Crippen LogP contribution in [0.4, 0.5) is 5.69 Å². The van der Waals surface area contributed by atoms with Crippen LogP contribution in [0.25, 0.3) is 0 Å². The zero-order valence-electron chi connectivity index (χ0n) is 15.3. The van der Waals surface area contributed by atoms with Crippen LogP contribution in [0.5, 0.6) is 5.75 Å². The van der Waals surface area contributed by atoms with Crippen molar-refractivity contribution < 1.29 is 14.3 Å². The molecule has 0 bridgehead atoms. The molecule has 0 saturated carbocycles. The molecular weight excluding hydrogens is 342 g/mol. The number of aryl methyl sites for hydroxylation is 2. The van der Waals surface area contributed by atoms with E-state index in [0.717, 1.165) is 29.7 Å². The van der Waals surface area contributed by atoms with Gasteiger partial charge < -0.3 is 10.1 Å². The molecule has 27 heavy (non-hydrogen) atoms. The Morgan fingerprint density at radius 1 is 1.22 bits per heavy atom. The third-order valence-corrected chi connectivity index (χ3v) is 4.26. The molecule has 140 valence electrons. The number of carbonyl (C=O) groups is 2. The van der Waals surface area contributed by atoms with E-state index in [-0.39, 0.29) is 18.4 Å². The number of ether oxygens (including phenoxy) is 1. The molecule has 6 heteroatoms. The maximum atomic E-state index is 11.9. The van der Waals surface area contributed by atoms with Crippen LogP contribution < -0.4 is 15.5 Å². The van der Waals surface area contributed by atoms with Crippen LogP contribution in [0.3, 0.4) is 0 Å². The Kier molecular flexibility index (Phi) is 6.20. The molecule has 0 aromatic heterocycles. The smallest absolute Gasteiger partial charge is 0.277 e. The van der Waals surface area contributed by atoms with Crippen molar-refractivity contribution in [3.63, 3.8) is 0 Å². The molecule has 0 atom stereocenters. The second-order valence-corrected chi connectivity index (χ2v) is 6.44. The minimum absolute atomic E-state index is 0.0217. The first-order chi connectivity index (χ1) is 13.1. The van der Waals surface area contributed by atoms with Gasteiger partial charge in [-0.15, -0.1) is 0 Å². The van der Waals surface area contributed by atoms with E-state index in [9.17, 15) is 9.59 Å². The first-order valence-electron chi connectivity index (χ1n) is 9.10. The highest BCUT2D eigenvalue weighted by atomic mass is 16.5. The number of hydrogen-bond donors (Lipinski definition) is 2. The monoisotopic (exact) mass is 365 g/mol. The molecule has 0 unspecified atom stereocenters. The van der Waals surface area contributed by atoms with Crippen molar-refractivity contribution in [2.24, 2.45) is 5.10 Å². The predicted molar refractivity (Wildman–Crippen MR) is 105 cm³/mol. The van der Waals surface area contributed by atoms with Gasteiger partial charge in [-0.05, 0) is 47.7 Å². The minimum Gasteiger partial charge on any atom is -0.484 e. The number of hydrazone groups is 1. The molecule has 1 aliphatic rings. The summed E-state index contributed by atoms with van der Waals surface area (Å²) in [7, 11) is 0. The Morgan fingerprint density at radius 2 is 2.04 bits per heavy atom. The largest absolute Gasteiger partial charge is 0.484 e. The molecule has 0 radical (unpaired) electrons. The average molecular weight is 365 g/mol. The summed E-state index contributed by atoms with van der Waals surface area (Å²) in [4.78, 5) is 23.2. The molecule has 3 rings (SSSR count). The highest BCUT2D eigenvalue weighted by molar-refractivity contribution is 5.94. The summed E-state index contributed by atoms with van der Waals surface area (Å²) < 4.78 is 5.51. The molecule has 0 saturated heterocycles. The van der Waals surface area contributed by atoms with Gasteiger partial charge in [0.05, 0.1) is 6.21 Å². The molecule has 6 nitrogen and oxygen atoms in total. The zero-order valence-corrected chi connectivity index (χ0v) is 15.3. The van der Waals surface area contributed by atoms with Crippen LogP contribution >= 0.6 is 0 Å². The fraction of sp³-hybridized carbons (Fsp3) is 0.286. The third-order valence-electron chi connectivity index (χ3n) is 4.26. The highest BCUT2D eigenvalue weighted by Gasteiger charge is 2.15. The van der Waals surface area contributed by atoms with Crippen molar-refractivity contribution in [3.05, 3.63) is 59.2 Å². The lowest BCUT2D eigenvalue weighted by Gasteiger charge is -2.17. The summed E-state index contributed by atoms with van der Waals surface area (Å²) in [6, 6.07) is 13.5. The SMILES string of the molecule is CCCc1ccc(/C=N/NC(=O)COc2ccc3c(c2)CCC(=O)N3)cc1. The number of anilines is 1. The average Bonchev–Trinajstić information content (AvgIpc) is 2.68. The summed E-state index contributed by atoms with van der Waals surface area (Å²) in [5.74, 6) is 0.281. The van der Waals surface area contributed by atoms with E-state index in [4.69, 9.17) is 4.74 Å². The Hall–Kier alpha value is -3.15. The van der Waals surface area contributed by atoms with Crippen LogP contribution in [0.2, 0.25) is 0 Å². The molecular formula is C21H23N3O3. The van der Waals surface area contributed by atoms with Crippen LogP contribution in [0.15, 0.2) is 47.6 Å². The maximum Gasteiger partial charge on any atom is 0.277 e. The quantitative estimate of drug-likeness (QED) is 0.585. The lowest BCUT2D eigenvalue weighted by Crippen LogP contribution is -2.24. The van der Waals surface area contributed by atoms with Gasteiger partial charge in [-0.25, -0.2) is 5.43 Å². The number of fused-ring (bicyclic) bond motifs is 1. The summed E-state index contributed by atoms with van der Waals surface area (Å²) >= 11 is 0. The Bertz CT molecular complexity index is 844. The number of amides is 2. The number of carbonyl (C=O) groups excluding carboxylic acids is 2. The summed E-state index contributed by atoms with van der Waals surface area (Å²) in [5.41, 5.74) is 6.48. The van der Waals surface area contributed by atoms with Crippen LogP contribution in [-0.4, -0.2) is 24.6 Å². The topological polar surface area (TPSA) is 79.8 Å². The van der Waals surface area contributed by atoms with Gasteiger partial charge >= 0.3 is 0 Å². The molecule has 1 heterocycles. The zero-order chi connectivity index (χ0) is 19.1. The molecule has 1 aliphatic heterocycles. The first-order valence-corrected chi connectivity index (χ1v) is 9.10. The Balaban J connectivity index is 1.46. The summed E-state index contributed by atoms with van der Waals surface area (Å²) in [6.45, 7) is 2.02. The predicted octanol–water partition coefficient (Wildman–Crippen LogP) is 3.05. The number of benzene rings is 2. The molecule has 2 amide bonds. The third kappa shape index (κ3) is 5.41. The van der Waals surface area contributed by atoms with E-state index >= 15 is 0 Å². The summed E-state index contributed by atoms with van der Waals surface area (Å²) in [5, 5.41) is 6.77. The van der Waals surface area contributed by atoms with E-state index in [1.165, 1.54) is 5.56 Å². The van der Waals surface area contributed by atoms with Gasteiger partial charge in [0, 0.05) is 12.1 Å². The fourth-order valence-electron chi connectivity index (χ4n) is 2.87. The molecule has 0 spiro atoms. The van der Waals surface area contributed by atoms with E-state index in [0.29, 0.717) is 18.6 Å². The van der Waals surface area contributed by atoms with Gasteiger partial charge in [0.1, 0.15) is 5.75 Å². The van der Waals surface area contributed by atoms with Crippen molar-refractivity contribution >= 4 is 23.7 Å². The number of nitrogens with zero attached hydrogens (tertiary/aromatic N) is 1. The first kappa shape index (κ1) is 18.6. The summed E-state index contributed by atoms with van der Waals surface area (Å²) in [6.07, 6.45) is 4.91. The van der Waals surface area contributed by atoms with Crippen molar-refractivity contribution in [3.8, 4) is 5.75 Å².